The Labute approximate surface area is 71.4 Å². The van der Waals surface area contributed by atoms with Gasteiger partial charge in [0, 0.05) is 12.6 Å². The molecule has 1 rings (SSSR count). The molecular weight excluding hydrogens is 154 g/mol. The van der Waals surface area contributed by atoms with E-state index in [9.17, 15) is 4.79 Å². The van der Waals surface area contributed by atoms with E-state index in [0.717, 1.165) is 17.6 Å². The molecule has 0 fully saturated rings. The van der Waals surface area contributed by atoms with Gasteiger partial charge in [0.2, 0.25) is 0 Å². The van der Waals surface area contributed by atoms with Crippen molar-refractivity contribution in [1.29, 1.82) is 0 Å². The molecule has 1 aromatic heterocycles. The highest BCUT2D eigenvalue weighted by atomic mass is 16.5. The Balaban J connectivity index is 2.73. The van der Waals surface area contributed by atoms with Crippen molar-refractivity contribution in [3.05, 3.63) is 24.0 Å². The number of hydrogen-bond donors (Lipinski definition) is 0. The van der Waals surface area contributed by atoms with E-state index >= 15 is 0 Å². The maximum absolute atomic E-state index is 10.2. The van der Waals surface area contributed by atoms with Crippen LogP contribution >= 0.6 is 0 Å². The summed E-state index contributed by atoms with van der Waals surface area (Å²) in [6.07, 6.45) is 4.55. The summed E-state index contributed by atoms with van der Waals surface area (Å²) in [4.78, 5) is 14.1. The van der Waals surface area contributed by atoms with Crippen molar-refractivity contribution in [3.8, 4) is 5.75 Å². The van der Waals surface area contributed by atoms with Gasteiger partial charge in [-0.25, -0.2) is 0 Å². The van der Waals surface area contributed by atoms with Crippen molar-refractivity contribution in [3.63, 3.8) is 0 Å². The Morgan fingerprint density at radius 3 is 3.08 bits per heavy atom. The lowest BCUT2D eigenvalue weighted by Gasteiger charge is -2.02. The van der Waals surface area contributed by atoms with E-state index in [2.05, 4.69) is 4.98 Å². The maximum Gasteiger partial charge on any atom is 0.137 e. The van der Waals surface area contributed by atoms with Gasteiger partial charge in [-0.1, -0.05) is 0 Å². The number of pyridine rings is 1. The topological polar surface area (TPSA) is 39.2 Å². The van der Waals surface area contributed by atoms with Crippen LogP contribution in [-0.4, -0.2) is 17.9 Å². The number of aldehydes is 1. The van der Waals surface area contributed by atoms with E-state index in [-0.39, 0.29) is 0 Å². The number of rotatable bonds is 4. The number of carbonyl (C=O) groups is 1. The molecule has 0 radical (unpaired) electrons. The minimum absolute atomic E-state index is 0.397. The van der Waals surface area contributed by atoms with Crippen molar-refractivity contribution in [1.82, 2.24) is 4.98 Å². The first-order valence-corrected chi connectivity index (χ1v) is 3.87. The summed E-state index contributed by atoms with van der Waals surface area (Å²) in [5, 5.41) is 0. The molecule has 0 saturated heterocycles. The summed E-state index contributed by atoms with van der Waals surface area (Å²) in [5.41, 5.74) is 0.885. The lowest BCUT2D eigenvalue weighted by atomic mass is 10.2. The standard InChI is InChI=1S/C9H11NO2/c1-2-12-9-5-8(3-4-11)6-10-7-9/h4-7H,2-3H2,1H3. The molecule has 0 N–H and O–H groups in total. The zero-order chi connectivity index (χ0) is 8.81. The van der Waals surface area contributed by atoms with Crippen molar-refractivity contribution < 1.29 is 9.53 Å². The van der Waals surface area contributed by atoms with Gasteiger partial charge in [-0.15, -0.1) is 0 Å². The highest BCUT2D eigenvalue weighted by Gasteiger charge is 1.95. The highest BCUT2D eigenvalue weighted by Crippen LogP contribution is 2.10. The lowest BCUT2D eigenvalue weighted by Crippen LogP contribution is -1.94. The third kappa shape index (κ3) is 2.34. The van der Waals surface area contributed by atoms with Gasteiger partial charge in [-0.2, -0.15) is 0 Å². The summed E-state index contributed by atoms with van der Waals surface area (Å²) < 4.78 is 5.21. The van der Waals surface area contributed by atoms with Gasteiger partial charge in [0.1, 0.15) is 12.0 Å². The molecule has 0 aromatic carbocycles. The molecule has 0 spiro atoms. The van der Waals surface area contributed by atoms with Gasteiger partial charge >= 0.3 is 0 Å². The summed E-state index contributed by atoms with van der Waals surface area (Å²) >= 11 is 0. The Hall–Kier alpha value is -1.38. The molecule has 0 bridgehead atoms. The SMILES string of the molecule is CCOc1cncc(CC=O)c1. The van der Waals surface area contributed by atoms with E-state index in [1.54, 1.807) is 12.4 Å². The van der Waals surface area contributed by atoms with Crippen LogP contribution in [0.5, 0.6) is 5.75 Å². The van der Waals surface area contributed by atoms with Crippen molar-refractivity contribution in [2.24, 2.45) is 0 Å². The summed E-state index contributed by atoms with van der Waals surface area (Å²) in [7, 11) is 0. The van der Waals surface area contributed by atoms with Crippen LogP contribution in [0.15, 0.2) is 18.5 Å². The first-order valence-electron chi connectivity index (χ1n) is 3.87. The quantitative estimate of drug-likeness (QED) is 0.630. The summed E-state index contributed by atoms with van der Waals surface area (Å²) in [6.45, 7) is 2.53. The molecule has 0 aliphatic carbocycles. The molecule has 3 nitrogen and oxygen atoms in total. The molecule has 0 aliphatic rings. The number of nitrogens with zero attached hydrogens (tertiary/aromatic N) is 1. The average Bonchev–Trinajstić information content (AvgIpc) is 2.06. The van der Waals surface area contributed by atoms with E-state index < -0.39 is 0 Å². The van der Waals surface area contributed by atoms with E-state index in [4.69, 9.17) is 4.74 Å². The first-order chi connectivity index (χ1) is 5.86. The molecule has 64 valence electrons. The summed E-state index contributed by atoms with van der Waals surface area (Å²) in [5.74, 6) is 0.719. The van der Waals surface area contributed by atoms with Crippen molar-refractivity contribution in [2.75, 3.05) is 6.61 Å². The Morgan fingerprint density at radius 1 is 1.58 bits per heavy atom. The van der Waals surface area contributed by atoms with Gasteiger partial charge in [0.25, 0.3) is 0 Å². The van der Waals surface area contributed by atoms with Gasteiger partial charge in [-0.3, -0.25) is 4.98 Å². The van der Waals surface area contributed by atoms with Crippen LogP contribution in [-0.2, 0) is 11.2 Å². The Kier molecular flexibility index (Phi) is 3.26. The average molecular weight is 165 g/mol. The lowest BCUT2D eigenvalue weighted by molar-refractivity contribution is -0.107. The maximum atomic E-state index is 10.2. The molecule has 0 amide bonds. The number of hydrogen-bond acceptors (Lipinski definition) is 3. The van der Waals surface area contributed by atoms with Crippen LogP contribution < -0.4 is 4.74 Å². The molecule has 0 atom stereocenters. The number of ether oxygens (including phenoxy) is 1. The van der Waals surface area contributed by atoms with Crippen LogP contribution in [0.25, 0.3) is 0 Å². The third-order valence-corrected chi connectivity index (χ3v) is 1.40. The molecule has 1 aromatic rings. The van der Waals surface area contributed by atoms with Gasteiger partial charge in [-0.05, 0) is 18.6 Å². The molecule has 0 aliphatic heterocycles. The monoisotopic (exact) mass is 165 g/mol. The first kappa shape index (κ1) is 8.71. The van der Waals surface area contributed by atoms with Crippen LogP contribution in [0.1, 0.15) is 12.5 Å². The predicted molar refractivity (Wildman–Crippen MR) is 45.2 cm³/mol. The van der Waals surface area contributed by atoms with Crippen LogP contribution in [0, 0.1) is 0 Å². The molecule has 1 heterocycles. The van der Waals surface area contributed by atoms with Crippen molar-refractivity contribution >= 4 is 6.29 Å². The van der Waals surface area contributed by atoms with Crippen LogP contribution in [0.4, 0.5) is 0 Å². The second kappa shape index (κ2) is 4.49. The molecular formula is C9H11NO2. The normalized spacial score (nSPS) is 9.42. The number of carbonyl (C=O) groups excluding carboxylic acids is 1. The van der Waals surface area contributed by atoms with Gasteiger partial charge < -0.3 is 9.53 Å². The molecule has 0 unspecified atom stereocenters. The smallest absolute Gasteiger partial charge is 0.137 e. The number of aromatic nitrogens is 1. The summed E-state index contributed by atoms with van der Waals surface area (Å²) in [6, 6.07) is 1.82. The molecule has 12 heavy (non-hydrogen) atoms. The second-order valence-electron chi connectivity index (χ2n) is 2.33. The Bertz CT molecular complexity index is 260. The van der Waals surface area contributed by atoms with Crippen LogP contribution in [0.3, 0.4) is 0 Å². The zero-order valence-corrected chi connectivity index (χ0v) is 6.99. The van der Waals surface area contributed by atoms with Crippen molar-refractivity contribution in [2.45, 2.75) is 13.3 Å². The van der Waals surface area contributed by atoms with Gasteiger partial charge in [0.15, 0.2) is 0 Å². The van der Waals surface area contributed by atoms with E-state index in [1.807, 2.05) is 13.0 Å². The van der Waals surface area contributed by atoms with Crippen LogP contribution in [0.2, 0.25) is 0 Å². The largest absolute Gasteiger partial charge is 0.492 e. The van der Waals surface area contributed by atoms with E-state index in [0.29, 0.717) is 13.0 Å². The highest BCUT2D eigenvalue weighted by molar-refractivity contribution is 5.54. The fraction of sp³-hybridized carbons (Fsp3) is 0.333. The Morgan fingerprint density at radius 2 is 2.42 bits per heavy atom. The molecule has 3 heteroatoms. The van der Waals surface area contributed by atoms with Gasteiger partial charge in [0.05, 0.1) is 12.8 Å². The fourth-order valence-corrected chi connectivity index (χ4v) is 0.917. The minimum atomic E-state index is 0.397. The zero-order valence-electron chi connectivity index (χ0n) is 6.99. The predicted octanol–water partition coefficient (Wildman–Crippen LogP) is 1.22. The minimum Gasteiger partial charge on any atom is -0.492 e. The molecule has 0 saturated carbocycles. The second-order valence-corrected chi connectivity index (χ2v) is 2.33. The fourth-order valence-electron chi connectivity index (χ4n) is 0.917. The van der Waals surface area contributed by atoms with E-state index in [1.165, 1.54) is 0 Å². The third-order valence-electron chi connectivity index (χ3n) is 1.40.